The van der Waals surface area contributed by atoms with E-state index in [2.05, 4.69) is 31.7 Å². The molecule has 40 heavy (non-hydrogen) atoms. The van der Waals surface area contributed by atoms with E-state index in [0.29, 0.717) is 42.4 Å². The fourth-order valence-electron chi connectivity index (χ4n) is 5.37. The van der Waals surface area contributed by atoms with Crippen LogP contribution in [0.4, 0.5) is 0 Å². The van der Waals surface area contributed by atoms with Crippen LogP contribution >= 0.6 is 0 Å². The molecule has 0 aliphatic rings. The van der Waals surface area contributed by atoms with Gasteiger partial charge in [-0.15, -0.1) is 0 Å². The zero-order valence-corrected chi connectivity index (χ0v) is 25.4. The first kappa shape index (κ1) is 32.8. The number of aromatic carboxylic acids is 1. The first-order valence-corrected chi connectivity index (χ1v) is 14.0. The molecule has 2 rings (SSSR count). The fraction of sp³-hybridized carbons (Fsp3) is 0.562. The lowest BCUT2D eigenvalue weighted by atomic mass is 9.69. The Kier molecular flexibility index (Phi) is 12.6. The molecule has 220 valence electrons. The van der Waals surface area contributed by atoms with Gasteiger partial charge in [0.05, 0.1) is 45.5 Å². The number of carbonyl (C=O) groups is 1. The number of carboxylic acid groups (broad SMARTS) is 1. The molecular formula is C32H46N2O6. The highest BCUT2D eigenvalue weighted by Crippen LogP contribution is 2.41. The van der Waals surface area contributed by atoms with Crippen molar-refractivity contribution in [2.24, 2.45) is 5.92 Å². The Morgan fingerprint density at radius 2 is 1.62 bits per heavy atom. The van der Waals surface area contributed by atoms with Crippen LogP contribution in [0.15, 0.2) is 24.3 Å². The first-order valence-electron chi connectivity index (χ1n) is 14.0. The van der Waals surface area contributed by atoms with Gasteiger partial charge < -0.3 is 29.0 Å². The standard InChI is InChI=1S/C32H46N2O6/c1-9-10-12-25-24(26(31(35)36)20-29(39-7)30(25)40-8)15-18-34(4)17-11-16-32(21-33,22(2)3)23-13-14-27(37-5)28(19-23)38-6/h13-14,19-20,22H,9-12,15-18H2,1-8H3,(H,35,36). The van der Waals surface area contributed by atoms with Crippen molar-refractivity contribution in [2.75, 3.05) is 48.6 Å². The maximum atomic E-state index is 12.2. The van der Waals surface area contributed by atoms with Gasteiger partial charge in [0.1, 0.15) is 0 Å². The number of hydrogen-bond acceptors (Lipinski definition) is 7. The molecule has 8 nitrogen and oxygen atoms in total. The largest absolute Gasteiger partial charge is 0.493 e. The van der Waals surface area contributed by atoms with Crippen molar-refractivity contribution >= 4 is 5.97 Å². The zero-order chi connectivity index (χ0) is 29.9. The lowest BCUT2D eigenvalue weighted by Crippen LogP contribution is -2.32. The predicted molar refractivity (Wildman–Crippen MR) is 157 cm³/mol. The second-order valence-electron chi connectivity index (χ2n) is 10.5. The van der Waals surface area contributed by atoms with Crippen molar-refractivity contribution in [3.8, 4) is 29.1 Å². The van der Waals surface area contributed by atoms with Crippen molar-refractivity contribution in [3.63, 3.8) is 0 Å². The number of unbranched alkanes of at least 4 members (excludes halogenated alkanes) is 1. The van der Waals surface area contributed by atoms with Gasteiger partial charge in [0, 0.05) is 12.1 Å². The van der Waals surface area contributed by atoms with E-state index in [1.54, 1.807) is 27.4 Å². The highest BCUT2D eigenvalue weighted by Gasteiger charge is 2.36. The summed E-state index contributed by atoms with van der Waals surface area (Å²) in [7, 11) is 8.36. The third-order valence-electron chi connectivity index (χ3n) is 7.84. The topological polar surface area (TPSA) is 101 Å². The second kappa shape index (κ2) is 15.4. The average Bonchev–Trinajstić information content (AvgIpc) is 2.95. The van der Waals surface area contributed by atoms with Crippen LogP contribution in [0.5, 0.6) is 23.0 Å². The number of ether oxygens (including phenoxy) is 4. The molecule has 2 aromatic carbocycles. The average molecular weight is 555 g/mol. The molecule has 0 saturated carbocycles. The normalized spacial score (nSPS) is 12.6. The van der Waals surface area contributed by atoms with E-state index in [0.717, 1.165) is 48.9 Å². The van der Waals surface area contributed by atoms with Crippen LogP contribution in [0, 0.1) is 17.2 Å². The summed E-state index contributed by atoms with van der Waals surface area (Å²) >= 11 is 0. The number of likely N-dealkylation sites (N-methyl/N-ethyl adjacent to an activating group) is 1. The molecule has 0 aliphatic carbocycles. The number of carboxylic acids is 1. The molecule has 1 atom stereocenters. The third kappa shape index (κ3) is 7.39. The SMILES string of the molecule is CCCCc1c(CCN(C)CCCC(C#N)(c2ccc(OC)c(OC)c2)C(C)C)c(C(=O)O)cc(OC)c1OC. The number of nitrogens with zero attached hydrogens (tertiary/aromatic N) is 2. The summed E-state index contributed by atoms with van der Waals surface area (Å²) in [5.74, 6) is 1.43. The van der Waals surface area contributed by atoms with Gasteiger partial charge in [-0.25, -0.2) is 4.79 Å². The molecule has 0 aromatic heterocycles. The van der Waals surface area contributed by atoms with Crippen LogP contribution < -0.4 is 18.9 Å². The minimum absolute atomic E-state index is 0.0897. The van der Waals surface area contributed by atoms with Crippen LogP contribution in [-0.4, -0.2) is 64.6 Å². The number of hydrogen-bond donors (Lipinski definition) is 1. The minimum Gasteiger partial charge on any atom is -0.493 e. The molecule has 0 bridgehead atoms. The van der Waals surface area contributed by atoms with Crippen molar-refractivity contribution < 1.29 is 28.8 Å². The van der Waals surface area contributed by atoms with Gasteiger partial charge >= 0.3 is 5.97 Å². The van der Waals surface area contributed by atoms with Crippen molar-refractivity contribution in [3.05, 3.63) is 46.5 Å². The fourth-order valence-corrected chi connectivity index (χ4v) is 5.37. The highest BCUT2D eigenvalue weighted by molar-refractivity contribution is 5.91. The van der Waals surface area contributed by atoms with E-state index in [4.69, 9.17) is 18.9 Å². The molecule has 0 radical (unpaired) electrons. The maximum Gasteiger partial charge on any atom is 0.336 e. The lowest BCUT2D eigenvalue weighted by molar-refractivity contribution is 0.0694. The molecule has 0 saturated heterocycles. The summed E-state index contributed by atoms with van der Waals surface area (Å²) < 4.78 is 22.0. The Bertz CT molecular complexity index is 1170. The van der Waals surface area contributed by atoms with E-state index in [1.165, 1.54) is 7.11 Å². The van der Waals surface area contributed by atoms with E-state index in [-0.39, 0.29) is 11.5 Å². The molecule has 8 heteroatoms. The Morgan fingerprint density at radius 1 is 0.950 bits per heavy atom. The molecular weight excluding hydrogens is 508 g/mol. The van der Waals surface area contributed by atoms with Crippen LogP contribution in [0.1, 0.15) is 73.5 Å². The Labute approximate surface area is 239 Å². The number of benzene rings is 2. The molecule has 0 fully saturated rings. The van der Waals surface area contributed by atoms with Crippen molar-refractivity contribution in [1.29, 1.82) is 5.26 Å². The summed E-state index contributed by atoms with van der Waals surface area (Å²) in [5, 5.41) is 20.4. The maximum absolute atomic E-state index is 12.2. The van der Waals surface area contributed by atoms with Gasteiger partial charge in [-0.05, 0) is 80.9 Å². The second-order valence-corrected chi connectivity index (χ2v) is 10.5. The quantitative estimate of drug-likeness (QED) is 0.249. The van der Waals surface area contributed by atoms with Crippen LogP contribution in [-0.2, 0) is 18.3 Å². The van der Waals surface area contributed by atoms with E-state index >= 15 is 0 Å². The van der Waals surface area contributed by atoms with Crippen molar-refractivity contribution in [1.82, 2.24) is 4.90 Å². The van der Waals surface area contributed by atoms with Crippen LogP contribution in [0.3, 0.4) is 0 Å². The van der Waals surface area contributed by atoms with Gasteiger partial charge in [0.2, 0.25) is 0 Å². The first-order chi connectivity index (χ1) is 19.1. The summed E-state index contributed by atoms with van der Waals surface area (Å²) in [6.07, 6.45) is 4.68. The minimum atomic E-state index is -0.970. The smallest absolute Gasteiger partial charge is 0.336 e. The van der Waals surface area contributed by atoms with Crippen LogP contribution in [0.2, 0.25) is 0 Å². The van der Waals surface area contributed by atoms with Gasteiger partial charge in [0.15, 0.2) is 23.0 Å². The predicted octanol–water partition coefficient (Wildman–Crippen LogP) is 6.13. The molecule has 0 amide bonds. The Balaban J connectivity index is 2.23. The zero-order valence-electron chi connectivity index (χ0n) is 25.4. The number of rotatable bonds is 17. The number of methoxy groups -OCH3 is 4. The van der Waals surface area contributed by atoms with Gasteiger partial charge in [-0.1, -0.05) is 33.3 Å². The van der Waals surface area contributed by atoms with E-state index < -0.39 is 11.4 Å². The summed E-state index contributed by atoms with van der Waals surface area (Å²) in [5.41, 5.74) is 2.21. The van der Waals surface area contributed by atoms with Gasteiger partial charge in [0.25, 0.3) is 0 Å². The summed E-state index contributed by atoms with van der Waals surface area (Å²) in [6.45, 7) is 7.70. The van der Waals surface area contributed by atoms with Crippen molar-refractivity contribution in [2.45, 2.75) is 64.7 Å². The molecule has 2 aromatic rings. The number of nitriles is 1. The lowest BCUT2D eigenvalue weighted by Gasteiger charge is -2.32. The third-order valence-corrected chi connectivity index (χ3v) is 7.84. The Hall–Kier alpha value is -3.44. The van der Waals surface area contributed by atoms with Crippen LogP contribution in [0.25, 0.3) is 0 Å². The van der Waals surface area contributed by atoms with Gasteiger partial charge in [-0.3, -0.25) is 0 Å². The summed E-state index contributed by atoms with van der Waals surface area (Å²) in [4.78, 5) is 14.4. The summed E-state index contributed by atoms with van der Waals surface area (Å²) in [6, 6.07) is 9.91. The Morgan fingerprint density at radius 3 is 2.15 bits per heavy atom. The van der Waals surface area contributed by atoms with Gasteiger partial charge in [-0.2, -0.15) is 5.26 Å². The van der Waals surface area contributed by atoms with E-state index in [9.17, 15) is 15.2 Å². The molecule has 1 N–H and O–H groups in total. The molecule has 0 aliphatic heterocycles. The monoisotopic (exact) mass is 554 g/mol. The van der Waals surface area contributed by atoms with E-state index in [1.807, 2.05) is 25.2 Å². The molecule has 0 heterocycles. The molecule has 1 unspecified atom stereocenters. The molecule has 0 spiro atoms. The highest BCUT2D eigenvalue weighted by atomic mass is 16.5.